The van der Waals surface area contributed by atoms with Crippen molar-refractivity contribution in [1.29, 1.82) is 0 Å². The molecule has 98 valence electrons. The lowest BCUT2D eigenvalue weighted by Crippen LogP contribution is -2.12. The van der Waals surface area contributed by atoms with Crippen molar-refractivity contribution >= 4 is 23.0 Å². The standard InChI is InChI=1S/C13H12ClN3O2/c14-10-3-1-2-8(6-10)13(16)9-4-5-11(15)12(7-9)17(18)19/h1-7,13H,15-16H2. The minimum atomic E-state index is -0.524. The van der Waals surface area contributed by atoms with Gasteiger partial charge in [-0.15, -0.1) is 0 Å². The zero-order chi connectivity index (χ0) is 14.0. The summed E-state index contributed by atoms with van der Waals surface area (Å²) in [5.41, 5.74) is 13.0. The van der Waals surface area contributed by atoms with Gasteiger partial charge in [0.25, 0.3) is 5.69 Å². The molecule has 0 saturated carbocycles. The summed E-state index contributed by atoms with van der Waals surface area (Å²) in [5.74, 6) is 0. The third-order valence-electron chi connectivity index (χ3n) is 2.82. The van der Waals surface area contributed by atoms with Crippen LogP contribution in [0.15, 0.2) is 42.5 Å². The van der Waals surface area contributed by atoms with Gasteiger partial charge in [-0.25, -0.2) is 0 Å². The molecule has 0 fully saturated rings. The van der Waals surface area contributed by atoms with E-state index in [2.05, 4.69) is 0 Å². The smallest absolute Gasteiger partial charge is 0.292 e. The Morgan fingerprint density at radius 1 is 1.16 bits per heavy atom. The lowest BCUT2D eigenvalue weighted by molar-refractivity contribution is -0.384. The maximum atomic E-state index is 10.9. The first kappa shape index (κ1) is 13.3. The molecule has 0 aliphatic heterocycles. The summed E-state index contributed by atoms with van der Waals surface area (Å²) in [4.78, 5) is 10.3. The molecule has 0 heterocycles. The maximum Gasteiger partial charge on any atom is 0.292 e. The molecule has 1 atom stereocenters. The van der Waals surface area contributed by atoms with Crippen LogP contribution in [0.2, 0.25) is 5.02 Å². The first-order valence-corrected chi connectivity index (χ1v) is 5.91. The Bertz CT molecular complexity index is 631. The van der Waals surface area contributed by atoms with Crippen molar-refractivity contribution in [1.82, 2.24) is 0 Å². The van der Waals surface area contributed by atoms with Crippen LogP contribution in [-0.4, -0.2) is 4.92 Å². The number of nitrogens with zero attached hydrogens (tertiary/aromatic N) is 1. The molecular weight excluding hydrogens is 266 g/mol. The molecule has 0 amide bonds. The van der Waals surface area contributed by atoms with Gasteiger partial charge in [0.2, 0.25) is 0 Å². The van der Waals surface area contributed by atoms with Crippen molar-refractivity contribution in [2.75, 3.05) is 5.73 Å². The number of anilines is 1. The number of halogens is 1. The van der Waals surface area contributed by atoms with Gasteiger partial charge in [0.05, 0.1) is 11.0 Å². The Hall–Kier alpha value is -2.11. The van der Waals surface area contributed by atoms with Crippen LogP contribution in [0.25, 0.3) is 0 Å². The largest absolute Gasteiger partial charge is 0.393 e. The van der Waals surface area contributed by atoms with E-state index in [4.69, 9.17) is 23.1 Å². The number of hydrogen-bond acceptors (Lipinski definition) is 4. The first-order valence-electron chi connectivity index (χ1n) is 5.54. The number of nitro benzene ring substituents is 1. The Morgan fingerprint density at radius 3 is 2.47 bits per heavy atom. The molecule has 2 aromatic carbocycles. The highest BCUT2D eigenvalue weighted by Gasteiger charge is 2.16. The van der Waals surface area contributed by atoms with Crippen LogP contribution in [0.3, 0.4) is 0 Å². The van der Waals surface area contributed by atoms with E-state index >= 15 is 0 Å². The van der Waals surface area contributed by atoms with E-state index in [1.54, 1.807) is 24.3 Å². The molecule has 0 aliphatic rings. The van der Waals surface area contributed by atoms with E-state index in [-0.39, 0.29) is 11.4 Å². The van der Waals surface area contributed by atoms with E-state index in [9.17, 15) is 10.1 Å². The topological polar surface area (TPSA) is 95.2 Å². The molecule has 19 heavy (non-hydrogen) atoms. The summed E-state index contributed by atoms with van der Waals surface area (Å²) in [6.45, 7) is 0. The normalized spacial score (nSPS) is 12.1. The van der Waals surface area contributed by atoms with Crippen molar-refractivity contribution < 1.29 is 4.92 Å². The summed E-state index contributed by atoms with van der Waals surface area (Å²) in [6.07, 6.45) is 0. The highest BCUT2D eigenvalue weighted by Crippen LogP contribution is 2.28. The van der Waals surface area contributed by atoms with Crippen LogP contribution in [-0.2, 0) is 0 Å². The van der Waals surface area contributed by atoms with E-state index in [1.807, 2.05) is 6.07 Å². The second-order valence-electron chi connectivity index (χ2n) is 4.11. The fourth-order valence-electron chi connectivity index (χ4n) is 1.80. The van der Waals surface area contributed by atoms with Gasteiger partial charge in [0, 0.05) is 11.1 Å². The van der Waals surface area contributed by atoms with Gasteiger partial charge in [-0.3, -0.25) is 10.1 Å². The van der Waals surface area contributed by atoms with Gasteiger partial charge in [-0.05, 0) is 29.3 Å². The molecule has 0 aromatic heterocycles. The summed E-state index contributed by atoms with van der Waals surface area (Å²) in [5, 5.41) is 11.4. The van der Waals surface area contributed by atoms with Crippen LogP contribution < -0.4 is 11.5 Å². The van der Waals surface area contributed by atoms with Crippen molar-refractivity contribution in [2.24, 2.45) is 5.73 Å². The molecule has 5 nitrogen and oxygen atoms in total. The Balaban J connectivity index is 2.42. The molecule has 2 rings (SSSR count). The third kappa shape index (κ3) is 2.83. The van der Waals surface area contributed by atoms with E-state index in [1.165, 1.54) is 12.1 Å². The van der Waals surface area contributed by atoms with Gasteiger partial charge in [0.15, 0.2) is 0 Å². The van der Waals surface area contributed by atoms with Crippen molar-refractivity contribution in [3.63, 3.8) is 0 Å². The zero-order valence-corrected chi connectivity index (χ0v) is 10.7. The van der Waals surface area contributed by atoms with Crippen LogP contribution >= 0.6 is 11.6 Å². The average Bonchev–Trinajstić information content (AvgIpc) is 2.38. The number of nitrogen functional groups attached to an aromatic ring is 1. The molecule has 1 unspecified atom stereocenters. The summed E-state index contributed by atoms with van der Waals surface area (Å²) in [7, 11) is 0. The van der Waals surface area contributed by atoms with E-state index in [0.29, 0.717) is 10.6 Å². The predicted octanol–water partition coefficient (Wildman–Crippen LogP) is 2.88. The minimum absolute atomic E-state index is 0.118. The summed E-state index contributed by atoms with van der Waals surface area (Å²) >= 11 is 5.90. The van der Waals surface area contributed by atoms with E-state index < -0.39 is 11.0 Å². The quantitative estimate of drug-likeness (QED) is 0.512. The summed E-state index contributed by atoms with van der Waals surface area (Å²) < 4.78 is 0. The Morgan fingerprint density at radius 2 is 1.84 bits per heavy atom. The second kappa shape index (κ2) is 5.26. The molecule has 0 radical (unpaired) electrons. The first-order chi connectivity index (χ1) is 8.99. The van der Waals surface area contributed by atoms with Crippen LogP contribution in [0.4, 0.5) is 11.4 Å². The number of benzene rings is 2. The molecule has 6 heteroatoms. The van der Waals surface area contributed by atoms with Gasteiger partial charge >= 0.3 is 0 Å². The van der Waals surface area contributed by atoms with Gasteiger partial charge in [-0.2, -0.15) is 0 Å². The number of nitrogens with two attached hydrogens (primary N) is 2. The molecule has 4 N–H and O–H groups in total. The fourth-order valence-corrected chi connectivity index (χ4v) is 2.00. The minimum Gasteiger partial charge on any atom is -0.393 e. The molecule has 0 saturated heterocycles. The van der Waals surface area contributed by atoms with Crippen molar-refractivity contribution in [3.8, 4) is 0 Å². The van der Waals surface area contributed by atoms with Gasteiger partial charge in [0.1, 0.15) is 5.69 Å². The molecular formula is C13H12ClN3O2. The van der Waals surface area contributed by atoms with Crippen molar-refractivity contribution in [2.45, 2.75) is 6.04 Å². The lowest BCUT2D eigenvalue weighted by atomic mass is 9.99. The van der Waals surface area contributed by atoms with E-state index in [0.717, 1.165) is 5.56 Å². The van der Waals surface area contributed by atoms with Crippen molar-refractivity contribution in [3.05, 3.63) is 68.7 Å². The monoisotopic (exact) mass is 277 g/mol. The summed E-state index contributed by atoms with van der Waals surface area (Å²) in [6, 6.07) is 11.1. The van der Waals surface area contributed by atoms with Crippen LogP contribution in [0.1, 0.15) is 17.2 Å². The predicted molar refractivity (Wildman–Crippen MR) is 75.0 cm³/mol. The van der Waals surface area contributed by atoms with Gasteiger partial charge < -0.3 is 11.5 Å². The highest BCUT2D eigenvalue weighted by molar-refractivity contribution is 6.30. The highest BCUT2D eigenvalue weighted by atomic mass is 35.5. The third-order valence-corrected chi connectivity index (χ3v) is 3.05. The number of rotatable bonds is 3. The molecule has 0 aliphatic carbocycles. The second-order valence-corrected chi connectivity index (χ2v) is 4.54. The SMILES string of the molecule is Nc1ccc(C(N)c2cccc(Cl)c2)cc1[N+](=O)[O-]. The number of hydrogen-bond donors (Lipinski definition) is 2. The molecule has 2 aromatic rings. The Labute approximate surface area is 114 Å². The average molecular weight is 278 g/mol. The van der Waals surface area contributed by atoms with Crippen LogP contribution in [0.5, 0.6) is 0 Å². The molecule has 0 bridgehead atoms. The lowest BCUT2D eigenvalue weighted by Gasteiger charge is -2.13. The number of nitro groups is 1. The van der Waals surface area contributed by atoms with Gasteiger partial charge in [-0.1, -0.05) is 29.8 Å². The zero-order valence-electron chi connectivity index (χ0n) is 9.92. The van der Waals surface area contributed by atoms with Crippen LogP contribution in [0, 0.1) is 10.1 Å². The maximum absolute atomic E-state index is 10.9. The fraction of sp³-hybridized carbons (Fsp3) is 0.0769. The Kier molecular flexibility index (Phi) is 3.69. The molecule has 0 spiro atoms.